The van der Waals surface area contributed by atoms with Gasteiger partial charge in [0.2, 0.25) is 0 Å². The average Bonchev–Trinajstić information content (AvgIpc) is 2.34. The van der Waals surface area contributed by atoms with Crippen molar-refractivity contribution in [1.29, 1.82) is 0 Å². The fourth-order valence-corrected chi connectivity index (χ4v) is 1.20. The highest BCUT2D eigenvalue weighted by Gasteiger charge is 2.02. The van der Waals surface area contributed by atoms with Gasteiger partial charge in [-0.25, -0.2) is 9.59 Å². The van der Waals surface area contributed by atoms with E-state index in [0.717, 1.165) is 5.56 Å². The van der Waals surface area contributed by atoms with Gasteiger partial charge < -0.3 is 21.5 Å². The van der Waals surface area contributed by atoms with E-state index in [0.29, 0.717) is 19.6 Å². The van der Waals surface area contributed by atoms with Crippen LogP contribution in [0.15, 0.2) is 24.3 Å². The lowest BCUT2D eigenvalue weighted by Crippen LogP contribution is -2.37. The lowest BCUT2D eigenvalue weighted by molar-refractivity contribution is 0.0697. The summed E-state index contributed by atoms with van der Waals surface area (Å²) >= 11 is 0. The number of carbonyl (C=O) groups is 2. The zero-order valence-corrected chi connectivity index (χ0v) is 9.27. The Labute approximate surface area is 98.8 Å². The highest BCUT2D eigenvalue weighted by Crippen LogP contribution is 2.03. The zero-order valence-electron chi connectivity index (χ0n) is 9.27. The Bertz CT molecular complexity index is 389. The van der Waals surface area contributed by atoms with E-state index in [-0.39, 0.29) is 11.6 Å². The molecule has 0 saturated carbocycles. The number of benzene rings is 1. The minimum atomic E-state index is -0.967. The summed E-state index contributed by atoms with van der Waals surface area (Å²) in [6, 6.07) is 6.02. The number of nitrogens with one attached hydrogen (secondary N) is 2. The summed E-state index contributed by atoms with van der Waals surface area (Å²) in [5, 5.41) is 13.9. The molecule has 0 saturated heterocycles. The molecule has 1 rings (SSSR count). The van der Waals surface area contributed by atoms with Gasteiger partial charge in [0.05, 0.1) is 5.56 Å². The Morgan fingerprint density at radius 2 is 1.82 bits per heavy atom. The maximum Gasteiger partial charge on any atom is 0.335 e. The molecule has 1 aromatic rings. The SMILES string of the molecule is NCCNC(=O)NCc1ccc(C(=O)O)cc1. The summed E-state index contributed by atoms with van der Waals surface area (Å²) in [7, 11) is 0. The number of rotatable bonds is 5. The molecule has 0 aliphatic carbocycles. The van der Waals surface area contributed by atoms with Gasteiger partial charge in [-0.1, -0.05) is 12.1 Å². The molecule has 0 fully saturated rings. The Morgan fingerprint density at radius 3 is 2.35 bits per heavy atom. The number of amides is 2. The van der Waals surface area contributed by atoms with E-state index in [4.69, 9.17) is 10.8 Å². The number of carbonyl (C=O) groups excluding carboxylic acids is 1. The van der Waals surface area contributed by atoms with Crippen LogP contribution >= 0.6 is 0 Å². The molecule has 0 heterocycles. The molecule has 5 N–H and O–H groups in total. The Balaban J connectivity index is 2.42. The highest BCUT2D eigenvalue weighted by molar-refractivity contribution is 5.87. The average molecular weight is 237 g/mol. The molecule has 1 aromatic carbocycles. The van der Waals surface area contributed by atoms with Crippen LogP contribution in [0.5, 0.6) is 0 Å². The van der Waals surface area contributed by atoms with Crippen LogP contribution in [-0.4, -0.2) is 30.2 Å². The van der Waals surface area contributed by atoms with Gasteiger partial charge in [0.15, 0.2) is 0 Å². The van der Waals surface area contributed by atoms with Gasteiger partial charge in [-0.15, -0.1) is 0 Å². The second kappa shape index (κ2) is 6.49. The van der Waals surface area contributed by atoms with Crippen LogP contribution in [0.25, 0.3) is 0 Å². The zero-order chi connectivity index (χ0) is 12.7. The fourth-order valence-electron chi connectivity index (χ4n) is 1.20. The smallest absolute Gasteiger partial charge is 0.335 e. The number of hydrogen-bond acceptors (Lipinski definition) is 3. The normalized spacial score (nSPS) is 9.71. The van der Waals surface area contributed by atoms with E-state index in [1.165, 1.54) is 12.1 Å². The van der Waals surface area contributed by atoms with Gasteiger partial charge in [-0.2, -0.15) is 0 Å². The predicted octanol–water partition coefficient (Wildman–Crippen LogP) is 0.143. The van der Waals surface area contributed by atoms with Crippen molar-refractivity contribution in [2.24, 2.45) is 5.73 Å². The van der Waals surface area contributed by atoms with Gasteiger partial charge in [0, 0.05) is 19.6 Å². The van der Waals surface area contributed by atoms with Crippen molar-refractivity contribution >= 4 is 12.0 Å². The first kappa shape index (κ1) is 13.0. The lowest BCUT2D eigenvalue weighted by Gasteiger charge is -2.06. The topological polar surface area (TPSA) is 104 Å². The number of aromatic carboxylic acids is 1. The quantitative estimate of drug-likeness (QED) is 0.584. The molecule has 6 heteroatoms. The van der Waals surface area contributed by atoms with Gasteiger partial charge in [0.25, 0.3) is 0 Å². The molecule has 6 nitrogen and oxygen atoms in total. The first-order valence-electron chi connectivity index (χ1n) is 5.17. The number of nitrogens with two attached hydrogens (primary N) is 1. The summed E-state index contributed by atoms with van der Waals surface area (Å²) in [5.41, 5.74) is 6.29. The van der Waals surface area contributed by atoms with Crippen molar-refractivity contribution in [3.63, 3.8) is 0 Å². The van der Waals surface area contributed by atoms with E-state index in [2.05, 4.69) is 10.6 Å². The molecule has 0 aromatic heterocycles. The van der Waals surface area contributed by atoms with Crippen LogP contribution in [0.4, 0.5) is 4.79 Å². The third-order valence-electron chi connectivity index (χ3n) is 2.08. The van der Waals surface area contributed by atoms with Crippen LogP contribution in [0.1, 0.15) is 15.9 Å². The second-order valence-electron chi connectivity index (χ2n) is 3.40. The molecule has 92 valence electrons. The predicted molar refractivity (Wildman–Crippen MR) is 62.7 cm³/mol. The number of urea groups is 1. The van der Waals surface area contributed by atoms with Crippen LogP contribution < -0.4 is 16.4 Å². The van der Waals surface area contributed by atoms with Crippen molar-refractivity contribution in [3.05, 3.63) is 35.4 Å². The Kier molecular flexibility index (Phi) is 4.96. The summed E-state index contributed by atoms with van der Waals surface area (Å²) in [6.07, 6.45) is 0. The molecule has 17 heavy (non-hydrogen) atoms. The van der Waals surface area contributed by atoms with Crippen LogP contribution in [0, 0.1) is 0 Å². The van der Waals surface area contributed by atoms with Gasteiger partial charge >= 0.3 is 12.0 Å². The molecule has 2 amide bonds. The summed E-state index contributed by atoms with van der Waals surface area (Å²) in [4.78, 5) is 21.8. The van der Waals surface area contributed by atoms with Gasteiger partial charge in [-0.3, -0.25) is 0 Å². The van der Waals surface area contributed by atoms with Crippen molar-refractivity contribution in [3.8, 4) is 0 Å². The van der Waals surface area contributed by atoms with Crippen molar-refractivity contribution in [2.75, 3.05) is 13.1 Å². The summed E-state index contributed by atoms with van der Waals surface area (Å²) in [5.74, 6) is -0.967. The molecular weight excluding hydrogens is 222 g/mol. The van der Waals surface area contributed by atoms with Gasteiger partial charge in [-0.05, 0) is 17.7 Å². The number of carboxylic acid groups (broad SMARTS) is 1. The number of carboxylic acids is 1. The van der Waals surface area contributed by atoms with Gasteiger partial charge in [0.1, 0.15) is 0 Å². The van der Waals surface area contributed by atoms with E-state index in [1.54, 1.807) is 12.1 Å². The van der Waals surface area contributed by atoms with E-state index in [1.807, 2.05) is 0 Å². The van der Waals surface area contributed by atoms with E-state index < -0.39 is 5.97 Å². The molecular formula is C11H15N3O3. The third-order valence-corrected chi connectivity index (χ3v) is 2.08. The van der Waals surface area contributed by atoms with E-state index >= 15 is 0 Å². The maximum absolute atomic E-state index is 11.2. The molecule has 0 atom stereocenters. The largest absolute Gasteiger partial charge is 0.478 e. The van der Waals surface area contributed by atoms with Crippen LogP contribution in [0.2, 0.25) is 0 Å². The monoisotopic (exact) mass is 237 g/mol. The molecule has 0 radical (unpaired) electrons. The Hall–Kier alpha value is -2.08. The molecule has 0 spiro atoms. The van der Waals surface area contributed by atoms with Crippen LogP contribution in [-0.2, 0) is 6.54 Å². The lowest BCUT2D eigenvalue weighted by atomic mass is 10.1. The highest BCUT2D eigenvalue weighted by atomic mass is 16.4. The minimum absolute atomic E-state index is 0.223. The van der Waals surface area contributed by atoms with Crippen molar-refractivity contribution in [1.82, 2.24) is 10.6 Å². The minimum Gasteiger partial charge on any atom is -0.478 e. The van der Waals surface area contributed by atoms with E-state index in [9.17, 15) is 9.59 Å². The second-order valence-corrected chi connectivity index (χ2v) is 3.40. The number of hydrogen-bond donors (Lipinski definition) is 4. The standard InChI is InChI=1S/C11H15N3O3/c12-5-6-13-11(17)14-7-8-1-3-9(4-2-8)10(15)16/h1-4H,5-7,12H2,(H,15,16)(H2,13,14,17). The van der Waals surface area contributed by atoms with Crippen molar-refractivity contribution < 1.29 is 14.7 Å². The third kappa shape index (κ3) is 4.52. The van der Waals surface area contributed by atoms with Crippen LogP contribution in [0.3, 0.4) is 0 Å². The van der Waals surface area contributed by atoms with Crippen molar-refractivity contribution in [2.45, 2.75) is 6.54 Å². The molecule has 0 aliphatic rings. The molecule has 0 unspecified atom stereocenters. The molecule has 0 aliphatic heterocycles. The fraction of sp³-hybridized carbons (Fsp3) is 0.273. The summed E-state index contributed by atoms with van der Waals surface area (Å²) in [6.45, 7) is 1.15. The molecule has 0 bridgehead atoms. The maximum atomic E-state index is 11.2. The first-order chi connectivity index (χ1) is 8.13. The Morgan fingerprint density at radius 1 is 1.18 bits per heavy atom. The first-order valence-corrected chi connectivity index (χ1v) is 5.17. The summed E-state index contributed by atoms with van der Waals surface area (Å²) < 4.78 is 0.